The van der Waals surface area contributed by atoms with E-state index in [1.807, 2.05) is 6.07 Å². The van der Waals surface area contributed by atoms with Gasteiger partial charge in [-0.25, -0.2) is 13.4 Å². The van der Waals surface area contributed by atoms with Crippen molar-refractivity contribution in [2.24, 2.45) is 0 Å². The highest BCUT2D eigenvalue weighted by atomic mass is 32.2. The lowest BCUT2D eigenvalue weighted by atomic mass is 10.2. The summed E-state index contributed by atoms with van der Waals surface area (Å²) in [6.07, 6.45) is -0.269. The Morgan fingerprint density at radius 2 is 2.05 bits per heavy atom. The molecule has 0 spiro atoms. The van der Waals surface area contributed by atoms with E-state index in [9.17, 15) is 13.2 Å². The van der Waals surface area contributed by atoms with Gasteiger partial charge in [0.05, 0.1) is 28.6 Å². The average molecular weight is 323 g/mol. The molecule has 0 amide bonds. The molecular weight excluding hydrogens is 314 g/mol. The second kappa shape index (κ2) is 5.90. The van der Waals surface area contributed by atoms with Crippen molar-refractivity contribution in [3.63, 3.8) is 0 Å². The highest BCUT2D eigenvalue weighted by Crippen LogP contribution is 2.20. The fourth-order valence-corrected chi connectivity index (χ4v) is 3.44. The van der Waals surface area contributed by atoms with Crippen LogP contribution in [0.25, 0.3) is 0 Å². The Labute approximate surface area is 124 Å². The molecule has 108 valence electrons. The number of nitriles is 1. The molecule has 0 saturated heterocycles. The summed E-state index contributed by atoms with van der Waals surface area (Å²) in [6, 6.07) is 7.31. The summed E-state index contributed by atoms with van der Waals surface area (Å²) in [6.45, 7) is 0. The fourth-order valence-electron chi connectivity index (χ4n) is 1.47. The molecule has 0 aliphatic carbocycles. The second-order valence-electron chi connectivity index (χ2n) is 3.96. The third kappa shape index (κ3) is 3.77. The first-order valence-corrected chi connectivity index (χ1v) is 7.96. The molecule has 0 radical (unpaired) electrons. The van der Waals surface area contributed by atoms with Crippen LogP contribution in [0.1, 0.15) is 11.3 Å². The van der Waals surface area contributed by atoms with Gasteiger partial charge in [0.25, 0.3) is 10.0 Å². The van der Waals surface area contributed by atoms with Crippen LogP contribution in [0.15, 0.2) is 34.5 Å². The van der Waals surface area contributed by atoms with E-state index in [-0.39, 0.29) is 22.1 Å². The summed E-state index contributed by atoms with van der Waals surface area (Å²) in [5.41, 5.74) is 0.636. The summed E-state index contributed by atoms with van der Waals surface area (Å²) in [7, 11) is -3.81. The van der Waals surface area contributed by atoms with E-state index in [0.29, 0.717) is 5.56 Å². The van der Waals surface area contributed by atoms with Gasteiger partial charge in [-0.15, -0.1) is 11.3 Å². The molecule has 21 heavy (non-hydrogen) atoms. The number of nitrogens with one attached hydrogen (secondary N) is 1. The zero-order chi connectivity index (χ0) is 15.5. The third-order valence-corrected chi connectivity index (χ3v) is 4.69. The van der Waals surface area contributed by atoms with Gasteiger partial charge in [-0.3, -0.25) is 9.52 Å². The van der Waals surface area contributed by atoms with Gasteiger partial charge >= 0.3 is 5.97 Å². The standard InChI is InChI=1S/C12H9N3O4S2/c13-6-8-1-3-10(4-2-8)21(18,19)15-12-14-9(7-20-12)5-11(16)17/h1-4,7H,5H2,(H,14,15)(H,16,17). The molecule has 9 heteroatoms. The smallest absolute Gasteiger partial charge is 0.309 e. The van der Waals surface area contributed by atoms with E-state index >= 15 is 0 Å². The number of carboxylic acids is 1. The van der Waals surface area contributed by atoms with Crippen LogP contribution >= 0.6 is 11.3 Å². The van der Waals surface area contributed by atoms with Gasteiger partial charge in [0.2, 0.25) is 0 Å². The van der Waals surface area contributed by atoms with Crippen molar-refractivity contribution in [3.8, 4) is 6.07 Å². The topological polar surface area (TPSA) is 120 Å². The summed E-state index contributed by atoms with van der Waals surface area (Å²) in [5, 5.41) is 18.9. The molecule has 2 N–H and O–H groups in total. The number of rotatable bonds is 5. The van der Waals surface area contributed by atoms with Crippen molar-refractivity contribution in [2.75, 3.05) is 4.72 Å². The number of nitrogens with zero attached hydrogens (tertiary/aromatic N) is 2. The molecule has 1 aromatic carbocycles. The lowest BCUT2D eigenvalue weighted by Crippen LogP contribution is -2.13. The maximum absolute atomic E-state index is 12.1. The minimum atomic E-state index is -3.81. The van der Waals surface area contributed by atoms with Gasteiger partial charge in [0, 0.05) is 5.38 Å². The minimum Gasteiger partial charge on any atom is -0.481 e. The molecule has 0 aliphatic heterocycles. The van der Waals surface area contributed by atoms with Crippen LogP contribution in [0.2, 0.25) is 0 Å². The molecule has 7 nitrogen and oxygen atoms in total. The number of benzene rings is 1. The maximum atomic E-state index is 12.1. The van der Waals surface area contributed by atoms with Crippen molar-refractivity contribution < 1.29 is 18.3 Å². The van der Waals surface area contributed by atoms with E-state index in [1.54, 1.807) is 0 Å². The Hall–Kier alpha value is -2.44. The molecule has 0 bridgehead atoms. The van der Waals surface area contributed by atoms with Crippen molar-refractivity contribution in [1.29, 1.82) is 5.26 Å². The van der Waals surface area contributed by atoms with Crippen LogP contribution in [0.3, 0.4) is 0 Å². The van der Waals surface area contributed by atoms with Crippen LogP contribution < -0.4 is 4.72 Å². The zero-order valence-electron chi connectivity index (χ0n) is 10.5. The van der Waals surface area contributed by atoms with Gasteiger partial charge in [-0.2, -0.15) is 5.26 Å². The van der Waals surface area contributed by atoms with Gasteiger partial charge in [0.1, 0.15) is 0 Å². The first kappa shape index (κ1) is 15.0. The molecular formula is C12H9N3O4S2. The Morgan fingerprint density at radius 1 is 1.38 bits per heavy atom. The Balaban J connectivity index is 2.18. The normalized spacial score (nSPS) is 10.8. The second-order valence-corrected chi connectivity index (χ2v) is 6.50. The van der Waals surface area contributed by atoms with Gasteiger partial charge in [-0.1, -0.05) is 0 Å². The zero-order valence-corrected chi connectivity index (χ0v) is 12.1. The fraction of sp³-hybridized carbons (Fsp3) is 0.0833. The third-order valence-electron chi connectivity index (χ3n) is 2.40. The number of hydrogen-bond acceptors (Lipinski definition) is 6. The molecule has 0 atom stereocenters. The Kier molecular flexibility index (Phi) is 4.21. The highest BCUT2D eigenvalue weighted by molar-refractivity contribution is 7.93. The molecule has 0 saturated carbocycles. The minimum absolute atomic E-state index is 0.00326. The van der Waals surface area contributed by atoms with Crippen molar-refractivity contribution in [3.05, 3.63) is 40.9 Å². The number of aliphatic carboxylic acids is 1. The van der Waals surface area contributed by atoms with Crippen LogP contribution in [0, 0.1) is 11.3 Å². The van der Waals surface area contributed by atoms with E-state index in [1.165, 1.54) is 29.6 Å². The van der Waals surface area contributed by atoms with Crippen molar-refractivity contribution >= 4 is 32.5 Å². The molecule has 2 rings (SSSR count). The Morgan fingerprint density at radius 3 is 2.62 bits per heavy atom. The summed E-state index contributed by atoms with van der Waals surface area (Å²) in [5.74, 6) is -1.04. The van der Waals surface area contributed by atoms with Gasteiger partial charge in [0.15, 0.2) is 5.13 Å². The molecule has 2 aromatic rings. The van der Waals surface area contributed by atoms with Crippen LogP contribution in [0.5, 0.6) is 0 Å². The van der Waals surface area contributed by atoms with Gasteiger partial charge < -0.3 is 5.11 Å². The van der Waals surface area contributed by atoms with E-state index in [4.69, 9.17) is 10.4 Å². The summed E-state index contributed by atoms with van der Waals surface area (Å²) >= 11 is 1.00. The van der Waals surface area contributed by atoms with E-state index < -0.39 is 16.0 Å². The number of anilines is 1. The maximum Gasteiger partial charge on any atom is 0.309 e. The number of hydrogen-bond donors (Lipinski definition) is 2. The summed E-state index contributed by atoms with van der Waals surface area (Å²) in [4.78, 5) is 14.4. The molecule has 0 aliphatic rings. The molecule has 0 fully saturated rings. The first-order chi connectivity index (χ1) is 9.90. The van der Waals surface area contributed by atoms with Crippen LogP contribution in [-0.2, 0) is 21.2 Å². The largest absolute Gasteiger partial charge is 0.481 e. The number of thiazole rings is 1. The van der Waals surface area contributed by atoms with Gasteiger partial charge in [-0.05, 0) is 24.3 Å². The predicted octanol–water partition coefficient (Wildman–Crippen LogP) is 1.44. The molecule has 1 aromatic heterocycles. The predicted molar refractivity (Wildman–Crippen MR) is 75.4 cm³/mol. The number of carboxylic acid groups (broad SMARTS) is 1. The van der Waals surface area contributed by atoms with E-state index in [0.717, 1.165) is 11.3 Å². The highest BCUT2D eigenvalue weighted by Gasteiger charge is 2.16. The monoisotopic (exact) mass is 323 g/mol. The van der Waals surface area contributed by atoms with Crippen molar-refractivity contribution in [1.82, 2.24) is 4.98 Å². The van der Waals surface area contributed by atoms with Crippen LogP contribution in [-0.4, -0.2) is 24.5 Å². The Bertz CT molecular complexity index is 804. The van der Waals surface area contributed by atoms with Crippen LogP contribution in [0.4, 0.5) is 5.13 Å². The first-order valence-electron chi connectivity index (χ1n) is 5.60. The van der Waals surface area contributed by atoms with Crippen molar-refractivity contribution in [2.45, 2.75) is 11.3 Å². The quantitative estimate of drug-likeness (QED) is 0.859. The summed E-state index contributed by atoms with van der Waals surface area (Å²) < 4.78 is 26.4. The number of sulfonamides is 1. The SMILES string of the molecule is N#Cc1ccc(S(=O)(=O)Nc2nc(CC(=O)O)cs2)cc1. The average Bonchev–Trinajstić information content (AvgIpc) is 2.84. The number of aromatic nitrogens is 1. The molecule has 0 unspecified atom stereocenters. The lowest BCUT2D eigenvalue weighted by molar-refractivity contribution is -0.136. The molecule has 1 heterocycles. The number of carbonyl (C=O) groups is 1. The van der Waals surface area contributed by atoms with E-state index in [2.05, 4.69) is 9.71 Å². The lowest BCUT2D eigenvalue weighted by Gasteiger charge is -2.04.